The van der Waals surface area contributed by atoms with Crippen LogP contribution in [0.1, 0.15) is 0 Å². The van der Waals surface area contributed by atoms with Crippen molar-refractivity contribution in [2.24, 2.45) is 0 Å². The van der Waals surface area contributed by atoms with Crippen molar-refractivity contribution in [2.75, 3.05) is 86.9 Å². The molecule has 0 aromatic heterocycles. The minimum atomic E-state index is -0.651. The summed E-state index contributed by atoms with van der Waals surface area (Å²) in [6, 6.07) is 7.34. The minimum absolute atomic E-state index is 0.145. The molecule has 1 atom stereocenters. The molecule has 0 bridgehead atoms. The van der Waals surface area contributed by atoms with Gasteiger partial charge in [-0.15, -0.1) is 0 Å². The van der Waals surface area contributed by atoms with Gasteiger partial charge < -0.3 is 43.2 Å². The van der Waals surface area contributed by atoms with Crippen LogP contribution in [0.25, 0.3) is 0 Å². The average molecular weight is 493 g/mol. The quantitative estimate of drug-likeness (QED) is 0.476. The first-order valence-corrected chi connectivity index (χ1v) is 11.4. The van der Waals surface area contributed by atoms with E-state index in [0.717, 1.165) is 31.9 Å². The van der Waals surface area contributed by atoms with E-state index in [1.807, 2.05) is 12.1 Å². The highest BCUT2D eigenvalue weighted by molar-refractivity contribution is 5.63. The lowest BCUT2D eigenvalue weighted by atomic mass is 10.2. The summed E-state index contributed by atoms with van der Waals surface area (Å²) in [7, 11) is 9.46. The summed E-state index contributed by atoms with van der Waals surface area (Å²) in [6.45, 7) is 3.87. The molecular weight excluding hydrogens is 456 g/mol. The Kier molecular flexibility index (Phi) is 9.39. The summed E-state index contributed by atoms with van der Waals surface area (Å²) >= 11 is 0. The molecule has 1 heterocycles. The zero-order valence-corrected chi connectivity index (χ0v) is 21.3. The molecule has 10 heteroatoms. The maximum Gasteiger partial charge on any atom is 0.203 e. The molecule has 2 aromatic carbocycles. The van der Waals surface area contributed by atoms with Gasteiger partial charge in [-0.2, -0.15) is 0 Å². The number of aliphatic hydroxyl groups excluding tert-OH is 1. The molecule has 1 N–H and O–H groups in total. The Bertz CT molecular complexity index is 912. The Labute approximate surface area is 206 Å². The van der Waals surface area contributed by atoms with Crippen LogP contribution in [0.4, 0.5) is 5.69 Å². The van der Waals surface area contributed by atoms with Crippen molar-refractivity contribution in [2.45, 2.75) is 6.10 Å². The molecule has 0 aliphatic carbocycles. The second-order valence-corrected chi connectivity index (χ2v) is 8.00. The molecule has 1 fully saturated rings. The molecular formula is C25H36N2O8. The molecule has 2 aromatic rings. The summed E-state index contributed by atoms with van der Waals surface area (Å²) in [6.07, 6.45) is -0.651. The standard InChI is InChI=1S/C25H36N2O8/c1-29-20-11-17(12-21(30-2)24(20)33-5)27-9-7-26(8-10-27)15-18(28)16-35-19-13-22(31-3)25(34-6)23(14-19)32-4/h11-14,18,28H,7-10,15-16H2,1-6H3. The van der Waals surface area contributed by atoms with E-state index in [1.54, 1.807) is 54.8 Å². The Morgan fingerprint density at radius 3 is 1.57 bits per heavy atom. The van der Waals surface area contributed by atoms with Crippen molar-refractivity contribution in [3.8, 4) is 40.2 Å². The molecule has 194 valence electrons. The van der Waals surface area contributed by atoms with Crippen LogP contribution in [-0.4, -0.2) is 98.1 Å². The number of hydrogen-bond donors (Lipinski definition) is 1. The number of piperazine rings is 1. The minimum Gasteiger partial charge on any atom is -0.493 e. The predicted molar refractivity (Wildman–Crippen MR) is 132 cm³/mol. The van der Waals surface area contributed by atoms with Crippen LogP contribution in [0.2, 0.25) is 0 Å². The van der Waals surface area contributed by atoms with Crippen molar-refractivity contribution in [1.29, 1.82) is 0 Å². The van der Waals surface area contributed by atoms with Crippen LogP contribution >= 0.6 is 0 Å². The molecule has 1 saturated heterocycles. The van der Waals surface area contributed by atoms with Crippen LogP contribution in [0.5, 0.6) is 40.2 Å². The molecule has 0 spiro atoms. The van der Waals surface area contributed by atoms with Gasteiger partial charge in [0.15, 0.2) is 23.0 Å². The van der Waals surface area contributed by atoms with Crippen molar-refractivity contribution in [1.82, 2.24) is 4.90 Å². The largest absolute Gasteiger partial charge is 0.493 e. The maximum absolute atomic E-state index is 10.6. The van der Waals surface area contributed by atoms with Gasteiger partial charge in [-0.1, -0.05) is 0 Å². The van der Waals surface area contributed by atoms with E-state index >= 15 is 0 Å². The third kappa shape index (κ3) is 6.26. The van der Waals surface area contributed by atoms with E-state index in [0.29, 0.717) is 46.8 Å². The number of ether oxygens (including phenoxy) is 7. The normalized spacial score (nSPS) is 14.8. The zero-order valence-electron chi connectivity index (χ0n) is 21.3. The van der Waals surface area contributed by atoms with Gasteiger partial charge in [-0.05, 0) is 0 Å². The van der Waals surface area contributed by atoms with Gasteiger partial charge >= 0.3 is 0 Å². The monoisotopic (exact) mass is 492 g/mol. The first kappa shape index (κ1) is 26.4. The summed E-state index contributed by atoms with van der Waals surface area (Å²) < 4.78 is 38.2. The molecule has 0 saturated carbocycles. The number of benzene rings is 2. The summed E-state index contributed by atoms with van der Waals surface area (Å²) in [4.78, 5) is 4.48. The highest BCUT2D eigenvalue weighted by atomic mass is 16.5. The zero-order chi connectivity index (χ0) is 25.4. The van der Waals surface area contributed by atoms with E-state index in [9.17, 15) is 5.11 Å². The third-order valence-corrected chi connectivity index (χ3v) is 5.94. The van der Waals surface area contributed by atoms with Gasteiger partial charge in [-0.25, -0.2) is 0 Å². The Morgan fingerprint density at radius 1 is 0.686 bits per heavy atom. The highest BCUT2D eigenvalue weighted by Crippen LogP contribution is 2.42. The van der Waals surface area contributed by atoms with Crippen molar-refractivity contribution in [3.63, 3.8) is 0 Å². The van der Waals surface area contributed by atoms with Gasteiger partial charge in [0, 0.05) is 62.7 Å². The van der Waals surface area contributed by atoms with E-state index in [4.69, 9.17) is 33.2 Å². The number of aliphatic hydroxyl groups is 1. The number of β-amino-alcohol motifs (C(OH)–C–C–N with tert-alkyl or cyclic N) is 1. The van der Waals surface area contributed by atoms with Crippen LogP contribution in [0.15, 0.2) is 24.3 Å². The van der Waals surface area contributed by atoms with Crippen LogP contribution < -0.4 is 38.1 Å². The fourth-order valence-electron chi connectivity index (χ4n) is 4.12. The summed E-state index contributed by atoms with van der Waals surface area (Å²) in [5, 5.41) is 10.6. The number of hydrogen-bond acceptors (Lipinski definition) is 10. The lowest BCUT2D eigenvalue weighted by Crippen LogP contribution is -2.49. The lowest BCUT2D eigenvalue weighted by Gasteiger charge is -2.37. The van der Waals surface area contributed by atoms with Crippen molar-refractivity contribution < 1.29 is 38.3 Å². The predicted octanol–water partition coefficient (Wildman–Crippen LogP) is 2.30. The van der Waals surface area contributed by atoms with Crippen molar-refractivity contribution in [3.05, 3.63) is 24.3 Å². The van der Waals surface area contributed by atoms with Gasteiger partial charge in [0.05, 0.1) is 42.7 Å². The number of anilines is 1. The first-order chi connectivity index (χ1) is 17.0. The Balaban J connectivity index is 1.54. The van der Waals surface area contributed by atoms with E-state index < -0.39 is 6.10 Å². The molecule has 1 unspecified atom stereocenters. The summed E-state index contributed by atoms with van der Waals surface area (Å²) in [5.41, 5.74) is 1.01. The molecule has 1 aliphatic rings. The molecule has 10 nitrogen and oxygen atoms in total. The maximum atomic E-state index is 10.6. The van der Waals surface area contributed by atoms with E-state index in [1.165, 1.54) is 0 Å². The molecule has 3 rings (SSSR count). The number of nitrogens with zero attached hydrogens (tertiary/aromatic N) is 2. The van der Waals surface area contributed by atoms with E-state index in [2.05, 4.69) is 9.80 Å². The SMILES string of the molecule is COc1cc(OCC(O)CN2CCN(c3cc(OC)c(OC)c(OC)c3)CC2)cc(OC)c1OC. The second kappa shape index (κ2) is 12.5. The smallest absolute Gasteiger partial charge is 0.203 e. The van der Waals surface area contributed by atoms with Gasteiger partial charge in [0.1, 0.15) is 18.5 Å². The number of rotatable bonds is 12. The molecule has 1 aliphatic heterocycles. The van der Waals surface area contributed by atoms with Gasteiger partial charge in [-0.3, -0.25) is 4.90 Å². The van der Waals surface area contributed by atoms with Crippen LogP contribution in [0, 0.1) is 0 Å². The topological polar surface area (TPSA) is 91.3 Å². The lowest BCUT2D eigenvalue weighted by molar-refractivity contribution is 0.0661. The number of methoxy groups -OCH3 is 6. The molecule has 35 heavy (non-hydrogen) atoms. The average Bonchev–Trinajstić information content (AvgIpc) is 2.90. The van der Waals surface area contributed by atoms with Gasteiger partial charge in [0.2, 0.25) is 11.5 Å². The molecule has 0 radical (unpaired) electrons. The first-order valence-electron chi connectivity index (χ1n) is 11.4. The Morgan fingerprint density at radius 2 is 1.14 bits per heavy atom. The second-order valence-electron chi connectivity index (χ2n) is 8.00. The highest BCUT2D eigenvalue weighted by Gasteiger charge is 2.23. The Hall–Kier alpha value is -3.24. The van der Waals surface area contributed by atoms with Crippen LogP contribution in [-0.2, 0) is 0 Å². The van der Waals surface area contributed by atoms with E-state index in [-0.39, 0.29) is 6.61 Å². The summed E-state index contributed by atoms with van der Waals surface area (Å²) in [5.74, 6) is 3.86. The fourth-order valence-corrected chi connectivity index (χ4v) is 4.12. The molecule has 0 amide bonds. The third-order valence-electron chi connectivity index (χ3n) is 5.94. The van der Waals surface area contributed by atoms with Crippen LogP contribution in [0.3, 0.4) is 0 Å². The van der Waals surface area contributed by atoms with Crippen molar-refractivity contribution >= 4 is 5.69 Å². The fraction of sp³-hybridized carbons (Fsp3) is 0.520. The van der Waals surface area contributed by atoms with Gasteiger partial charge in [0.25, 0.3) is 0 Å².